The molecule has 3 rings (SSSR count). The Hall–Kier alpha value is -2.69. The van der Waals surface area contributed by atoms with Gasteiger partial charge in [-0.05, 0) is 42.2 Å². The molecule has 0 fully saturated rings. The molecule has 0 saturated heterocycles. The summed E-state index contributed by atoms with van der Waals surface area (Å²) < 4.78 is 13.1. The second kappa shape index (κ2) is 7.25. The van der Waals surface area contributed by atoms with Crippen LogP contribution >= 0.6 is 0 Å². The van der Waals surface area contributed by atoms with Gasteiger partial charge in [-0.15, -0.1) is 0 Å². The Bertz CT molecular complexity index is 761. The fraction of sp³-hybridized carbons (Fsp3) is 0.263. The highest BCUT2D eigenvalue weighted by Crippen LogP contribution is 2.27. The van der Waals surface area contributed by atoms with E-state index in [0.29, 0.717) is 13.0 Å². The van der Waals surface area contributed by atoms with Gasteiger partial charge < -0.3 is 10.2 Å². The predicted octanol–water partition coefficient (Wildman–Crippen LogP) is 2.46. The largest absolute Gasteiger partial charge is 0.347 e. The molecule has 24 heavy (non-hydrogen) atoms. The molecule has 2 aromatic carbocycles. The van der Waals surface area contributed by atoms with Crippen LogP contribution in [0, 0.1) is 5.82 Å². The number of amides is 2. The standard InChI is InChI=1S/C19H19FN2O2/c20-16-6-3-4-14(12-16)8-9-18(23)21-13-19(24)22-11-10-15-5-1-2-7-17(15)22/h1-7,12H,8-11,13H2,(H,21,23). The summed E-state index contributed by atoms with van der Waals surface area (Å²) in [5.41, 5.74) is 2.85. The van der Waals surface area contributed by atoms with Crippen molar-refractivity contribution < 1.29 is 14.0 Å². The number of carbonyl (C=O) groups excluding carboxylic acids is 2. The molecule has 5 heteroatoms. The molecule has 0 aromatic heterocycles. The van der Waals surface area contributed by atoms with Crippen molar-refractivity contribution in [3.63, 3.8) is 0 Å². The number of nitrogens with one attached hydrogen (secondary N) is 1. The second-order valence-corrected chi connectivity index (χ2v) is 5.83. The molecular weight excluding hydrogens is 307 g/mol. The van der Waals surface area contributed by atoms with Crippen molar-refractivity contribution in [3.8, 4) is 0 Å². The lowest BCUT2D eigenvalue weighted by Gasteiger charge is -2.17. The van der Waals surface area contributed by atoms with Crippen LogP contribution in [-0.2, 0) is 22.4 Å². The monoisotopic (exact) mass is 326 g/mol. The molecule has 0 atom stereocenters. The molecule has 1 aliphatic heterocycles. The maximum absolute atomic E-state index is 13.1. The molecule has 0 spiro atoms. The topological polar surface area (TPSA) is 49.4 Å². The Kier molecular flexibility index (Phi) is 4.89. The molecule has 0 aliphatic carbocycles. The third kappa shape index (κ3) is 3.79. The molecule has 2 aromatic rings. The third-order valence-corrected chi connectivity index (χ3v) is 4.15. The molecule has 2 amide bonds. The van der Waals surface area contributed by atoms with Crippen LogP contribution in [0.1, 0.15) is 17.5 Å². The molecule has 4 nitrogen and oxygen atoms in total. The van der Waals surface area contributed by atoms with Crippen molar-refractivity contribution in [2.75, 3.05) is 18.0 Å². The zero-order chi connectivity index (χ0) is 16.9. The van der Waals surface area contributed by atoms with E-state index in [4.69, 9.17) is 0 Å². The van der Waals surface area contributed by atoms with Gasteiger partial charge in [0.2, 0.25) is 11.8 Å². The van der Waals surface area contributed by atoms with Crippen molar-refractivity contribution in [3.05, 3.63) is 65.5 Å². The molecule has 1 aliphatic rings. The van der Waals surface area contributed by atoms with Gasteiger partial charge >= 0.3 is 0 Å². The molecule has 0 unspecified atom stereocenters. The average molecular weight is 326 g/mol. The number of para-hydroxylation sites is 1. The van der Waals surface area contributed by atoms with E-state index in [0.717, 1.165) is 23.2 Å². The number of nitrogens with zero attached hydrogens (tertiary/aromatic N) is 1. The Morgan fingerprint density at radius 2 is 1.96 bits per heavy atom. The van der Waals surface area contributed by atoms with Crippen LogP contribution < -0.4 is 10.2 Å². The number of hydrogen-bond donors (Lipinski definition) is 1. The first-order valence-corrected chi connectivity index (χ1v) is 8.03. The van der Waals surface area contributed by atoms with Crippen LogP contribution in [0.5, 0.6) is 0 Å². The van der Waals surface area contributed by atoms with Gasteiger partial charge in [0.15, 0.2) is 0 Å². The molecule has 0 saturated carbocycles. The normalized spacial score (nSPS) is 12.8. The smallest absolute Gasteiger partial charge is 0.246 e. The molecular formula is C19H19FN2O2. The van der Waals surface area contributed by atoms with Crippen LogP contribution in [0.3, 0.4) is 0 Å². The van der Waals surface area contributed by atoms with Gasteiger partial charge in [0.25, 0.3) is 0 Å². The summed E-state index contributed by atoms with van der Waals surface area (Å²) in [6.45, 7) is 0.633. The number of rotatable bonds is 5. The summed E-state index contributed by atoms with van der Waals surface area (Å²) in [4.78, 5) is 25.9. The lowest BCUT2D eigenvalue weighted by molar-refractivity contribution is -0.124. The van der Waals surface area contributed by atoms with Crippen molar-refractivity contribution in [1.82, 2.24) is 5.32 Å². The van der Waals surface area contributed by atoms with E-state index in [1.54, 1.807) is 17.0 Å². The van der Waals surface area contributed by atoms with Crippen molar-refractivity contribution in [1.29, 1.82) is 0 Å². The van der Waals surface area contributed by atoms with Crippen molar-refractivity contribution in [2.45, 2.75) is 19.3 Å². The van der Waals surface area contributed by atoms with Gasteiger partial charge in [-0.2, -0.15) is 0 Å². The Morgan fingerprint density at radius 1 is 1.12 bits per heavy atom. The number of carbonyl (C=O) groups is 2. The fourth-order valence-electron chi connectivity index (χ4n) is 2.91. The first-order chi connectivity index (χ1) is 11.6. The van der Waals surface area contributed by atoms with Crippen molar-refractivity contribution >= 4 is 17.5 Å². The van der Waals surface area contributed by atoms with Gasteiger partial charge in [-0.25, -0.2) is 4.39 Å². The van der Waals surface area contributed by atoms with Gasteiger partial charge in [0.1, 0.15) is 5.82 Å². The molecule has 124 valence electrons. The zero-order valence-corrected chi connectivity index (χ0v) is 13.3. The second-order valence-electron chi connectivity index (χ2n) is 5.83. The molecule has 0 bridgehead atoms. The van der Waals surface area contributed by atoms with Crippen LogP contribution in [0.4, 0.5) is 10.1 Å². The highest BCUT2D eigenvalue weighted by molar-refractivity contribution is 5.98. The Labute approximate surface area is 140 Å². The van der Waals surface area contributed by atoms with Crippen LogP contribution in [0.25, 0.3) is 0 Å². The fourth-order valence-corrected chi connectivity index (χ4v) is 2.91. The number of fused-ring (bicyclic) bond motifs is 1. The van der Waals surface area contributed by atoms with E-state index in [2.05, 4.69) is 5.32 Å². The summed E-state index contributed by atoms with van der Waals surface area (Å²) in [6.07, 6.45) is 1.52. The van der Waals surface area contributed by atoms with E-state index in [1.807, 2.05) is 24.3 Å². The van der Waals surface area contributed by atoms with E-state index < -0.39 is 0 Å². The van der Waals surface area contributed by atoms with E-state index in [1.165, 1.54) is 12.1 Å². The van der Waals surface area contributed by atoms with Gasteiger partial charge in [0.05, 0.1) is 6.54 Å². The number of hydrogen-bond acceptors (Lipinski definition) is 2. The summed E-state index contributed by atoms with van der Waals surface area (Å²) in [5.74, 6) is -0.630. The van der Waals surface area contributed by atoms with Gasteiger partial charge in [-0.3, -0.25) is 9.59 Å². The lowest BCUT2D eigenvalue weighted by Crippen LogP contribution is -2.39. The first kappa shape index (κ1) is 16.2. The number of halogens is 1. The van der Waals surface area contributed by atoms with Crippen LogP contribution in [-0.4, -0.2) is 24.9 Å². The first-order valence-electron chi connectivity index (χ1n) is 8.03. The number of anilines is 1. The van der Waals surface area contributed by atoms with Gasteiger partial charge in [0, 0.05) is 18.7 Å². The SMILES string of the molecule is O=C(CCc1cccc(F)c1)NCC(=O)N1CCc2ccccc21. The summed E-state index contributed by atoms with van der Waals surface area (Å²) >= 11 is 0. The molecule has 1 N–H and O–H groups in total. The summed E-state index contributed by atoms with van der Waals surface area (Å²) in [7, 11) is 0. The quantitative estimate of drug-likeness (QED) is 0.917. The minimum absolute atomic E-state index is 0.0175. The van der Waals surface area contributed by atoms with Gasteiger partial charge in [-0.1, -0.05) is 30.3 Å². The maximum atomic E-state index is 13.1. The molecule has 1 heterocycles. The highest BCUT2D eigenvalue weighted by atomic mass is 19.1. The minimum Gasteiger partial charge on any atom is -0.347 e. The van der Waals surface area contributed by atoms with Crippen LogP contribution in [0.15, 0.2) is 48.5 Å². The summed E-state index contributed by atoms with van der Waals surface area (Å²) in [6, 6.07) is 14.0. The van der Waals surface area contributed by atoms with Crippen molar-refractivity contribution in [2.24, 2.45) is 0 Å². The number of benzene rings is 2. The van der Waals surface area contributed by atoms with Crippen LogP contribution in [0.2, 0.25) is 0 Å². The lowest BCUT2D eigenvalue weighted by atomic mass is 10.1. The highest BCUT2D eigenvalue weighted by Gasteiger charge is 2.23. The predicted molar refractivity (Wildman–Crippen MR) is 90.2 cm³/mol. The third-order valence-electron chi connectivity index (χ3n) is 4.15. The average Bonchev–Trinajstić information content (AvgIpc) is 3.02. The zero-order valence-electron chi connectivity index (χ0n) is 13.3. The molecule has 0 radical (unpaired) electrons. The van der Waals surface area contributed by atoms with E-state index >= 15 is 0 Å². The minimum atomic E-state index is -0.309. The number of aryl methyl sites for hydroxylation is 1. The maximum Gasteiger partial charge on any atom is 0.246 e. The van der Waals surface area contributed by atoms with E-state index in [9.17, 15) is 14.0 Å². The Balaban J connectivity index is 1.47. The van der Waals surface area contributed by atoms with E-state index in [-0.39, 0.29) is 30.6 Å². The Morgan fingerprint density at radius 3 is 2.79 bits per heavy atom. The summed E-state index contributed by atoms with van der Waals surface area (Å²) in [5, 5.41) is 2.65.